The van der Waals surface area contributed by atoms with Crippen LogP contribution in [0.3, 0.4) is 0 Å². The molecule has 4 atom stereocenters. The molecular formula is C13H25O9P. The number of carbonyl (C=O) groups excluding carboxylic acids is 1. The van der Waals surface area contributed by atoms with Gasteiger partial charge in [-0.15, -0.1) is 0 Å². The summed E-state index contributed by atoms with van der Waals surface area (Å²) in [6.45, 7) is -0.952. The maximum absolute atomic E-state index is 11.9. The third kappa shape index (κ3) is 7.36. The third-order valence-electron chi connectivity index (χ3n) is 4.03. The predicted octanol–water partition coefficient (Wildman–Crippen LogP) is -0.921. The number of aliphatic hydroxyl groups is 4. The quantitative estimate of drug-likeness (QED) is 0.286. The molecular weight excluding hydrogens is 331 g/mol. The zero-order valence-corrected chi connectivity index (χ0v) is 13.6. The molecule has 9 nitrogen and oxygen atoms in total. The first kappa shape index (κ1) is 20.7. The van der Waals surface area contributed by atoms with Gasteiger partial charge in [0, 0.05) is 6.42 Å². The molecule has 0 aromatic carbocycles. The van der Waals surface area contributed by atoms with Gasteiger partial charge in [0.05, 0.1) is 6.61 Å². The number of hydrogen-bond donors (Lipinski definition) is 6. The molecule has 1 aliphatic carbocycles. The van der Waals surface area contributed by atoms with E-state index < -0.39 is 44.6 Å². The lowest BCUT2D eigenvalue weighted by Gasteiger charge is -2.27. The Kier molecular flexibility index (Phi) is 8.26. The van der Waals surface area contributed by atoms with Crippen molar-refractivity contribution >= 4 is 13.6 Å². The third-order valence-corrected chi connectivity index (χ3v) is 4.51. The summed E-state index contributed by atoms with van der Waals surface area (Å²) in [4.78, 5) is 28.9. The summed E-state index contributed by atoms with van der Waals surface area (Å²) in [7, 11) is -4.84. The predicted molar refractivity (Wildman–Crippen MR) is 78.2 cm³/mol. The molecule has 0 heterocycles. The van der Waals surface area contributed by atoms with E-state index >= 15 is 0 Å². The Labute approximate surface area is 134 Å². The van der Waals surface area contributed by atoms with Crippen LogP contribution in [0.2, 0.25) is 0 Å². The molecule has 1 fully saturated rings. The van der Waals surface area contributed by atoms with E-state index in [1.165, 1.54) is 0 Å². The number of Topliss-reactive ketones (excluding diaryl/α,β-unsaturated/α-hetero) is 1. The molecule has 10 heteroatoms. The zero-order chi connectivity index (χ0) is 17.6. The lowest BCUT2D eigenvalue weighted by atomic mass is 9.84. The second-order valence-corrected chi connectivity index (χ2v) is 7.19. The van der Waals surface area contributed by atoms with Gasteiger partial charge in [-0.1, -0.05) is 32.1 Å². The smallest absolute Gasteiger partial charge is 0.388 e. The molecule has 0 aliphatic heterocycles. The van der Waals surface area contributed by atoms with Crippen molar-refractivity contribution in [3.05, 3.63) is 0 Å². The van der Waals surface area contributed by atoms with E-state index in [0.29, 0.717) is 0 Å². The Hall–Kier alpha value is -0.380. The summed E-state index contributed by atoms with van der Waals surface area (Å²) < 4.78 is 14.5. The van der Waals surface area contributed by atoms with Crippen molar-refractivity contribution < 1.29 is 44.1 Å². The minimum Gasteiger partial charge on any atom is -0.388 e. The summed E-state index contributed by atoms with van der Waals surface area (Å²) in [5, 5.41) is 38.7. The van der Waals surface area contributed by atoms with Gasteiger partial charge >= 0.3 is 7.82 Å². The Balaban J connectivity index is 2.47. The highest BCUT2D eigenvalue weighted by Crippen LogP contribution is 2.36. The number of phosphoric acid groups is 1. The molecule has 0 aromatic heterocycles. The van der Waals surface area contributed by atoms with Crippen molar-refractivity contribution in [2.75, 3.05) is 6.61 Å². The molecule has 23 heavy (non-hydrogen) atoms. The first-order chi connectivity index (χ1) is 10.6. The lowest BCUT2D eigenvalue weighted by molar-refractivity contribution is -0.147. The van der Waals surface area contributed by atoms with E-state index in [0.717, 1.165) is 32.1 Å². The maximum atomic E-state index is 11.9. The molecule has 0 bridgehead atoms. The van der Waals surface area contributed by atoms with Crippen molar-refractivity contribution in [2.45, 2.75) is 62.9 Å². The van der Waals surface area contributed by atoms with Crippen molar-refractivity contribution in [3.63, 3.8) is 0 Å². The molecule has 1 saturated carbocycles. The molecule has 0 amide bonds. The molecule has 1 aliphatic rings. The average Bonchev–Trinajstić information content (AvgIpc) is 2.50. The largest absolute Gasteiger partial charge is 0.469 e. The molecule has 136 valence electrons. The standard InChI is InChI=1S/C13H25O9P/c14-9(6-8-4-2-1-3-5-8)11(16)13(18)12(17)10(15)7-22-23(19,20)21/h8,10-13,15-18H,1-7H2,(H2,19,20,21)/t10-,11-,12-,13-/m1/s1. The van der Waals surface area contributed by atoms with Crippen LogP contribution in [0.15, 0.2) is 0 Å². The molecule has 0 radical (unpaired) electrons. The second kappa shape index (κ2) is 9.19. The number of rotatable bonds is 9. The first-order valence-electron chi connectivity index (χ1n) is 7.57. The van der Waals surface area contributed by atoms with Crippen LogP contribution in [0.25, 0.3) is 0 Å². The fraction of sp³-hybridized carbons (Fsp3) is 0.923. The number of ketones is 1. The average molecular weight is 356 g/mol. The van der Waals surface area contributed by atoms with Gasteiger partial charge in [0.15, 0.2) is 5.78 Å². The summed E-state index contributed by atoms with van der Waals surface area (Å²) >= 11 is 0. The van der Waals surface area contributed by atoms with Crippen LogP contribution in [0.5, 0.6) is 0 Å². The monoisotopic (exact) mass is 356 g/mol. The van der Waals surface area contributed by atoms with Gasteiger partial charge in [-0.2, -0.15) is 0 Å². The van der Waals surface area contributed by atoms with Crippen molar-refractivity contribution in [2.24, 2.45) is 5.92 Å². The molecule has 0 unspecified atom stereocenters. The van der Waals surface area contributed by atoms with Crippen LogP contribution in [0.1, 0.15) is 38.5 Å². The normalized spacial score (nSPS) is 22.3. The van der Waals surface area contributed by atoms with Gasteiger partial charge in [-0.05, 0) is 5.92 Å². The van der Waals surface area contributed by atoms with Crippen LogP contribution < -0.4 is 0 Å². The maximum Gasteiger partial charge on any atom is 0.469 e. The molecule has 6 N–H and O–H groups in total. The highest BCUT2D eigenvalue weighted by Gasteiger charge is 2.35. The Bertz CT molecular complexity index is 418. The fourth-order valence-corrected chi connectivity index (χ4v) is 3.02. The SMILES string of the molecule is O=C(CC1CCCCC1)[C@@H](O)[C@@H](O)[C@H](O)[C@H](O)COP(=O)(O)O. The molecule has 1 rings (SSSR count). The summed E-state index contributed by atoms with van der Waals surface area (Å²) in [6, 6.07) is 0. The summed E-state index contributed by atoms with van der Waals surface area (Å²) in [6.07, 6.45) is -2.74. The Morgan fingerprint density at radius 3 is 2.13 bits per heavy atom. The van der Waals surface area contributed by atoms with Gasteiger partial charge in [0.2, 0.25) is 0 Å². The van der Waals surface area contributed by atoms with Gasteiger partial charge in [0.1, 0.15) is 24.4 Å². The van der Waals surface area contributed by atoms with Crippen LogP contribution in [-0.4, -0.2) is 67.0 Å². The number of aliphatic hydroxyl groups excluding tert-OH is 4. The zero-order valence-electron chi connectivity index (χ0n) is 12.7. The lowest BCUT2D eigenvalue weighted by Crippen LogP contribution is -2.49. The number of phosphoric ester groups is 1. The topological polar surface area (TPSA) is 165 Å². The van der Waals surface area contributed by atoms with Crippen LogP contribution in [0, 0.1) is 5.92 Å². The summed E-state index contributed by atoms with van der Waals surface area (Å²) in [5.41, 5.74) is 0. The van der Waals surface area contributed by atoms with Crippen LogP contribution >= 0.6 is 7.82 Å². The number of carbonyl (C=O) groups is 1. The van der Waals surface area contributed by atoms with E-state index in [-0.39, 0.29) is 12.3 Å². The van der Waals surface area contributed by atoms with Crippen molar-refractivity contribution in [3.8, 4) is 0 Å². The molecule has 0 spiro atoms. The molecule has 0 saturated heterocycles. The van der Waals surface area contributed by atoms with E-state index in [4.69, 9.17) is 9.79 Å². The van der Waals surface area contributed by atoms with Crippen LogP contribution in [0.4, 0.5) is 0 Å². The van der Waals surface area contributed by atoms with E-state index in [2.05, 4.69) is 4.52 Å². The van der Waals surface area contributed by atoms with Gasteiger partial charge < -0.3 is 30.2 Å². The highest BCUT2D eigenvalue weighted by molar-refractivity contribution is 7.46. The second-order valence-electron chi connectivity index (χ2n) is 5.95. The van der Waals surface area contributed by atoms with Crippen LogP contribution in [-0.2, 0) is 13.9 Å². The fourth-order valence-electron chi connectivity index (χ4n) is 2.67. The highest BCUT2D eigenvalue weighted by atomic mass is 31.2. The van der Waals surface area contributed by atoms with Gasteiger partial charge in [-0.25, -0.2) is 4.57 Å². The van der Waals surface area contributed by atoms with E-state index in [9.17, 15) is 29.8 Å². The van der Waals surface area contributed by atoms with E-state index in [1.807, 2.05) is 0 Å². The Morgan fingerprint density at radius 1 is 1.04 bits per heavy atom. The first-order valence-corrected chi connectivity index (χ1v) is 9.10. The van der Waals surface area contributed by atoms with Crippen molar-refractivity contribution in [1.29, 1.82) is 0 Å². The minimum atomic E-state index is -4.84. The molecule has 0 aromatic rings. The minimum absolute atomic E-state index is 0.0834. The van der Waals surface area contributed by atoms with Gasteiger partial charge in [0.25, 0.3) is 0 Å². The van der Waals surface area contributed by atoms with Crippen molar-refractivity contribution in [1.82, 2.24) is 0 Å². The van der Waals surface area contributed by atoms with E-state index in [1.54, 1.807) is 0 Å². The van der Waals surface area contributed by atoms with Gasteiger partial charge in [-0.3, -0.25) is 9.32 Å². The Morgan fingerprint density at radius 2 is 1.61 bits per heavy atom. The summed E-state index contributed by atoms with van der Waals surface area (Å²) in [5.74, 6) is -0.496. The number of hydrogen-bond acceptors (Lipinski definition) is 7.